The maximum absolute atomic E-state index is 3.60. The van der Waals surface area contributed by atoms with Gasteiger partial charge in [-0.2, -0.15) is 0 Å². The van der Waals surface area contributed by atoms with Crippen LogP contribution in [0.2, 0.25) is 0 Å². The minimum Gasteiger partial charge on any atom is -0.312 e. The molecule has 0 radical (unpaired) electrons. The van der Waals surface area contributed by atoms with E-state index in [2.05, 4.69) is 31.0 Å². The van der Waals surface area contributed by atoms with E-state index in [0.717, 1.165) is 6.04 Å². The van der Waals surface area contributed by atoms with Crippen LogP contribution in [0.3, 0.4) is 0 Å². The van der Waals surface area contributed by atoms with Crippen LogP contribution in [0.15, 0.2) is 0 Å². The molecule has 2 fully saturated rings. The van der Waals surface area contributed by atoms with E-state index >= 15 is 0 Å². The summed E-state index contributed by atoms with van der Waals surface area (Å²) in [6, 6.07) is 1.48. The van der Waals surface area contributed by atoms with Gasteiger partial charge in [-0.15, -0.1) is 0 Å². The van der Waals surface area contributed by atoms with Crippen LogP contribution >= 0.6 is 0 Å². The molecule has 2 heteroatoms. The average Bonchev–Trinajstić information content (AvgIpc) is 2.41. The van der Waals surface area contributed by atoms with Crippen molar-refractivity contribution in [2.45, 2.75) is 39.3 Å². The molecule has 70 valence electrons. The van der Waals surface area contributed by atoms with Gasteiger partial charge in [0.15, 0.2) is 0 Å². The lowest BCUT2D eigenvalue weighted by Gasteiger charge is -2.24. The SMILES string of the molecule is CC(C)N1CC2NCCC2(C)C1. The van der Waals surface area contributed by atoms with Crippen LogP contribution in [0.1, 0.15) is 27.2 Å². The Morgan fingerprint density at radius 1 is 1.50 bits per heavy atom. The molecular weight excluding hydrogens is 148 g/mol. The summed E-state index contributed by atoms with van der Waals surface area (Å²) in [6.45, 7) is 10.8. The highest BCUT2D eigenvalue weighted by atomic mass is 15.2. The second-order valence-electron chi connectivity index (χ2n) is 4.93. The third kappa shape index (κ3) is 1.17. The van der Waals surface area contributed by atoms with E-state index in [4.69, 9.17) is 0 Å². The normalized spacial score (nSPS) is 42.5. The standard InChI is InChI=1S/C10H20N2/c1-8(2)12-6-9-10(3,7-12)4-5-11-9/h8-9,11H,4-7H2,1-3H3. The van der Waals surface area contributed by atoms with E-state index in [1.54, 1.807) is 0 Å². The molecule has 2 heterocycles. The van der Waals surface area contributed by atoms with E-state index in [9.17, 15) is 0 Å². The maximum atomic E-state index is 3.60. The van der Waals surface area contributed by atoms with Gasteiger partial charge in [0.2, 0.25) is 0 Å². The van der Waals surface area contributed by atoms with Gasteiger partial charge in [-0.25, -0.2) is 0 Å². The molecule has 0 amide bonds. The van der Waals surface area contributed by atoms with Gasteiger partial charge in [-0.05, 0) is 32.2 Å². The van der Waals surface area contributed by atoms with Crippen LogP contribution in [0.25, 0.3) is 0 Å². The Hall–Kier alpha value is -0.0800. The molecule has 2 nitrogen and oxygen atoms in total. The molecule has 2 atom stereocenters. The smallest absolute Gasteiger partial charge is 0.0261 e. The second-order valence-corrected chi connectivity index (χ2v) is 4.93. The van der Waals surface area contributed by atoms with Crippen molar-refractivity contribution < 1.29 is 0 Å². The molecule has 2 saturated heterocycles. The lowest BCUT2D eigenvalue weighted by Crippen LogP contribution is -2.34. The maximum Gasteiger partial charge on any atom is 0.0261 e. The number of fused-ring (bicyclic) bond motifs is 1. The fraction of sp³-hybridized carbons (Fsp3) is 1.00. The third-order valence-electron chi connectivity index (χ3n) is 3.64. The number of hydrogen-bond acceptors (Lipinski definition) is 2. The number of nitrogens with one attached hydrogen (secondary N) is 1. The third-order valence-corrected chi connectivity index (χ3v) is 3.64. The summed E-state index contributed by atoms with van der Waals surface area (Å²) >= 11 is 0. The van der Waals surface area contributed by atoms with Gasteiger partial charge < -0.3 is 5.32 Å². The first-order valence-corrected chi connectivity index (χ1v) is 5.09. The topological polar surface area (TPSA) is 15.3 Å². The monoisotopic (exact) mass is 168 g/mol. The summed E-state index contributed by atoms with van der Waals surface area (Å²) in [5.41, 5.74) is 0.574. The molecule has 2 rings (SSSR count). The lowest BCUT2D eigenvalue weighted by atomic mass is 9.86. The molecule has 0 bridgehead atoms. The lowest BCUT2D eigenvalue weighted by molar-refractivity contribution is 0.232. The van der Waals surface area contributed by atoms with Crippen molar-refractivity contribution in [3.63, 3.8) is 0 Å². The Bertz CT molecular complexity index is 179. The predicted octanol–water partition coefficient (Wildman–Crippen LogP) is 1.08. The van der Waals surface area contributed by atoms with Gasteiger partial charge >= 0.3 is 0 Å². The fourth-order valence-electron chi connectivity index (χ4n) is 2.58. The van der Waals surface area contributed by atoms with E-state index in [1.807, 2.05) is 0 Å². The highest BCUT2D eigenvalue weighted by Gasteiger charge is 2.46. The minimum absolute atomic E-state index is 0.574. The van der Waals surface area contributed by atoms with Crippen LogP contribution in [-0.2, 0) is 0 Å². The summed E-state index contributed by atoms with van der Waals surface area (Å²) < 4.78 is 0. The number of nitrogens with zero attached hydrogens (tertiary/aromatic N) is 1. The molecule has 0 aromatic rings. The van der Waals surface area contributed by atoms with Gasteiger partial charge in [0.25, 0.3) is 0 Å². The van der Waals surface area contributed by atoms with Crippen molar-refractivity contribution >= 4 is 0 Å². The minimum atomic E-state index is 0.574. The quantitative estimate of drug-likeness (QED) is 0.630. The Labute approximate surface area is 75.3 Å². The van der Waals surface area contributed by atoms with Gasteiger partial charge in [0.1, 0.15) is 0 Å². The molecule has 12 heavy (non-hydrogen) atoms. The van der Waals surface area contributed by atoms with Crippen LogP contribution in [-0.4, -0.2) is 36.6 Å². The van der Waals surface area contributed by atoms with Crippen molar-refractivity contribution in [1.29, 1.82) is 0 Å². The first kappa shape index (κ1) is 8.52. The summed E-state index contributed by atoms with van der Waals surface area (Å²) in [4.78, 5) is 2.59. The zero-order valence-electron chi connectivity index (χ0n) is 8.43. The summed E-state index contributed by atoms with van der Waals surface area (Å²) in [6.07, 6.45) is 1.36. The molecule has 2 unspecified atom stereocenters. The first-order valence-electron chi connectivity index (χ1n) is 5.09. The number of hydrogen-bond donors (Lipinski definition) is 1. The Balaban J connectivity index is 2.06. The van der Waals surface area contributed by atoms with Crippen LogP contribution in [0, 0.1) is 5.41 Å². The van der Waals surface area contributed by atoms with Crippen molar-refractivity contribution in [3.8, 4) is 0 Å². The van der Waals surface area contributed by atoms with Crippen molar-refractivity contribution in [2.24, 2.45) is 5.41 Å². The summed E-state index contributed by atoms with van der Waals surface area (Å²) in [5, 5.41) is 3.60. The summed E-state index contributed by atoms with van der Waals surface area (Å²) in [7, 11) is 0. The first-order chi connectivity index (χ1) is 5.62. The van der Waals surface area contributed by atoms with Crippen molar-refractivity contribution in [1.82, 2.24) is 10.2 Å². The van der Waals surface area contributed by atoms with Crippen LogP contribution < -0.4 is 5.32 Å². The molecule has 1 N–H and O–H groups in total. The van der Waals surface area contributed by atoms with Gasteiger partial charge in [-0.1, -0.05) is 6.92 Å². The zero-order valence-corrected chi connectivity index (χ0v) is 8.43. The van der Waals surface area contributed by atoms with Crippen molar-refractivity contribution in [3.05, 3.63) is 0 Å². The van der Waals surface area contributed by atoms with E-state index < -0.39 is 0 Å². The Morgan fingerprint density at radius 2 is 2.25 bits per heavy atom. The largest absolute Gasteiger partial charge is 0.312 e. The molecule has 2 aliphatic rings. The van der Waals surface area contributed by atoms with Crippen LogP contribution in [0.4, 0.5) is 0 Å². The van der Waals surface area contributed by atoms with Gasteiger partial charge in [0.05, 0.1) is 0 Å². The molecule has 0 aliphatic carbocycles. The molecule has 2 aliphatic heterocycles. The van der Waals surface area contributed by atoms with Gasteiger partial charge in [0, 0.05) is 25.2 Å². The molecule has 0 saturated carbocycles. The van der Waals surface area contributed by atoms with E-state index in [-0.39, 0.29) is 0 Å². The highest BCUT2D eigenvalue weighted by molar-refractivity contribution is 5.03. The average molecular weight is 168 g/mol. The number of rotatable bonds is 1. The molecule has 0 spiro atoms. The van der Waals surface area contributed by atoms with E-state index in [1.165, 1.54) is 26.1 Å². The molecule has 0 aromatic carbocycles. The number of likely N-dealkylation sites (tertiary alicyclic amines) is 1. The van der Waals surface area contributed by atoms with Crippen LogP contribution in [0.5, 0.6) is 0 Å². The van der Waals surface area contributed by atoms with Crippen molar-refractivity contribution in [2.75, 3.05) is 19.6 Å². The predicted molar refractivity (Wildman–Crippen MR) is 51.2 cm³/mol. The fourth-order valence-corrected chi connectivity index (χ4v) is 2.58. The summed E-state index contributed by atoms with van der Waals surface area (Å²) in [5.74, 6) is 0. The molecule has 0 aromatic heterocycles. The Kier molecular flexibility index (Phi) is 1.92. The second kappa shape index (κ2) is 2.71. The molecular formula is C10H20N2. The highest BCUT2D eigenvalue weighted by Crippen LogP contribution is 2.37. The van der Waals surface area contributed by atoms with Gasteiger partial charge in [-0.3, -0.25) is 4.90 Å². The zero-order chi connectivity index (χ0) is 8.77. The Morgan fingerprint density at radius 3 is 2.83 bits per heavy atom. The van der Waals surface area contributed by atoms with E-state index in [0.29, 0.717) is 11.5 Å².